The fourth-order valence-corrected chi connectivity index (χ4v) is 1.68. The Morgan fingerprint density at radius 1 is 1.23 bits per heavy atom. The number of carbonyl (C=O) groups excluding carboxylic acids is 4. The van der Waals surface area contributed by atoms with Crippen LogP contribution in [-0.4, -0.2) is 53.8 Å². The number of hydrogen-bond acceptors (Lipinski definition) is 5. The summed E-state index contributed by atoms with van der Waals surface area (Å²) >= 11 is 0. The Morgan fingerprint density at radius 3 is 2.32 bits per heavy atom. The van der Waals surface area contributed by atoms with Crippen molar-refractivity contribution in [2.75, 3.05) is 7.11 Å². The molecule has 0 saturated carbocycles. The zero-order valence-electron chi connectivity index (χ0n) is 12.8. The van der Waals surface area contributed by atoms with Crippen molar-refractivity contribution in [2.45, 2.75) is 45.2 Å². The van der Waals surface area contributed by atoms with Crippen molar-refractivity contribution in [3.05, 3.63) is 5.53 Å². The summed E-state index contributed by atoms with van der Waals surface area (Å²) in [5, 5.41) is 4.89. The van der Waals surface area contributed by atoms with Crippen molar-refractivity contribution >= 4 is 29.8 Å². The Morgan fingerprint density at radius 2 is 1.86 bits per heavy atom. The molecule has 0 aromatic rings. The molecule has 2 amide bonds. The molecule has 0 aliphatic heterocycles. The van der Waals surface area contributed by atoms with Gasteiger partial charge in [0.05, 0.1) is 7.11 Å². The Hall–Kier alpha value is -2.54. The first kappa shape index (κ1) is 19.5. The normalized spacial score (nSPS) is 12.3. The predicted octanol–water partition coefficient (Wildman–Crippen LogP) is -0.791. The quantitative estimate of drug-likeness (QED) is 0.249. The molecular formula is C13H20N4O5. The van der Waals surface area contributed by atoms with Crippen molar-refractivity contribution in [3.8, 4) is 0 Å². The van der Waals surface area contributed by atoms with E-state index in [4.69, 9.17) is 5.53 Å². The number of amides is 2. The molecule has 0 aliphatic rings. The summed E-state index contributed by atoms with van der Waals surface area (Å²) in [6.07, 6.45) is 0.929. The highest BCUT2D eigenvalue weighted by atomic mass is 16.5. The van der Waals surface area contributed by atoms with Gasteiger partial charge >= 0.3 is 12.2 Å². The molecule has 0 heterocycles. The standard InChI is InChI=1S/C13H20N4O5/c1-4-10(16-8(2)18)12(20)17-11(13(21)22-3)6-5-9(19)7-15-14/h7,10-11H,4-6H2,1-3H3,(H,16,18)(H,17,20)/t10-,11-/m0/s1. The van der Waals surface area contributed by atoms with Crippen molar-refractivity contribution in [3.63, 3.8) is 0 Å². The van der Waals surface area contributed by atoms with E-state index in [1.54, 1.807) is 6.92 Å². The Labute approximate surface area is 128 Å². The number of ether oxygens (including phenoxy) is 1. The summed E-state index contributed by atoms with van der Waals surface area (Å²) in [7, 11) is 1.16. The second-order valence-electron chi connectivity index (χ2n) is 4.50. The maximum absolute atomic E-state index is 12.0. The van der Waals surface area contributed by atoms with Crippen LogP contribution >= 0.6 is 0 Å². The molecule has 0 aliphatic carbocycles. The van der Waals surface area contributed by atoms with Crippen LogP contribution in [0.5, 0.6) is 0 Å². The van der Waals surface area contributed by atoms with E-state index in [1.807, 2.05) is 0 Å². The number of ketones is 1. The molecule has 2 atom stereocenters. The van der Waals surface area contributed by atoms with Gasteiger partial charge in [-0.3, -0.25) is 14.4 Å². The van der Waals surface area contributed by atoms with Gasteiger partial charge < -0.3 is 20.9 Å². The average Bonchev–Trinajstić information content (AvgIpc) is 2.47. The average molecular weight is 312 g/mol. The maximum Gasteiger partial charge on any atom is 0.328 e. The van der Waals surface area contributed by atoms with Crippen LogP contribution in [0.4, 0.5) is 0 Å². The SMILES string of the molecule is CC[C@H](NC(C)=O)C(=O)N[C@@H](CCC(=O)C=[N+]=[N-])C(=O)OC. The molecule has 0 aromatic carbocycles. The predicted molar refractivity (Wildman–Crippen MR) is 75.8 cm³/mol. The van der Waals surface area contributed by atoms with Crippen LogP contribution < -0.4 is 10.6 Å². The van der Waals surface area contributed by atoms with E-state index in [0.717, 1.165) is 7.11 Å². The van der Waals surface area contributed by atoms with Gasteiger partial charge in [0.25, 0.3) is 0 Å². The third-order valence-corrected chi connectivity index (χ3v) is 2.79. The second kappa shape index (κ2) is 10.2. The number of nitrogens with one attached hydrogen (secondary N) is 2. The monoisotopic (exact) mass is 312 g/mol. The van der Waals surface area contributed by atoms with Gasteiger partial charge in [0.15, 0.2) is 0 Å². The van der Waals surface area contributed by atoms with Crippen molar-refractivity contribution in [2.24, 2.45) is 0 Å². The van der Waals surface area contributed by atoms with E-state index in [9.17, 15) is 19.2 Å². The van der Waals surface area contributed by atoms with E-state index < -0.39 is 29.7 Å². The minimum Gasteiger partial charge on any atom is -0.467 e. The van der Waals surface area contributed by atoms with Crippen LogP contribution in [0, 0.1) is 0 Å². The van der Waals surface area contributed by atoms with Gasteiger partial charge in [-0.2, -0.15) is 4.79 Å². The van der Waals surface area contributed by atoms with Crippen molar-refractivity contribution < 1.29 is 28.7 Å². The molecular weight excluding hydrogens is 292 g/mol. The molecule has 0 radical (unpaired) electrons. The van der Waals surface area contributed by atoms with Crippen LogP contribution in [0.25, 0.3) is 5.53 Å². The molecule has 0 spiro atoms. The largest absolute Gasteiger partial charge is 0.467 e. The summed E-state index contributed by atoms with van der Waals surface area (Å²) < 4.78 is 4.56. The van der Waals surface area contributed by atoms with E-state index in [-0.39, 0.29) is 18.7 Å². The number of esters is 1. The Balaban J connectivity index is 4.79. The van der Waals surface area contributed by atoms with Gasteiger partial charge in [-0.1, -0.05) is 6.92 Å². The molecule has 0 rings (SSSR count). The molecule has 9 nitrogen and oxygen atoms in total. The van der Waals surface area contributed by atoms with Crippen LogP contribution in [0.3, 0.4) is 0 Å². The van der Waals surface area contributed by atoms with E-state index in [1.165, 1.54) is 6.92 Å². The summed E-state index contributed by atoms with van der Waals surface area (Å²) in [5.41, 5.74) is 8.24. The highest BCUT2D eigenvalue weighted by Crippen LogP contribution is 2.02. The Bertz CT molecular complexity index is 485. The molecule has 22 heavy (non-hydrogen) atoms. The van der Waals surface area contributed by atoms with Gasteiger partial charge in [-0.15, -0.1) is 0 Å². The Kier molecular flexibility index (Phi) is 9.04. The number of carbonyl (C=O) groups is 4. The lowest BCUT2D eigenvalue weighted by molar-refractivity contribution is -0.145. The van der Waals surface area contributed by atoms with E-state index >= 15 is 0 Å². The summed E-state index contributed by atoms with van der Waals surface area (Å²) in [5.74, 6) is -2.12. The fraction of sp³-hybridized carbons (Fsp3) is 0.615. The van der Waals surface area contributed by atoms with Gasteiger partial charge in [0.2, 0.25) is 17.6 Å². The number of hydrogen-bond donors (Lipinski definition) is 2. The molecule has 0 saturated heterocycles. The van der Waals surface area contributed by atoms with Gasteiger partial charge in [0.1, 0.15) is 12.1 Å². The summed E-state index contributed by atoms with van der Waals surface area (Å²) in [6, 6.07) is -1.81. The van der Waals surface area contributed by atoms with Gasteiger partial charge in [-0.05, 0) is 12.8 Å². The molecule has 122 valence electrons. The lowest BCUT2D eigenvalue weighted by Gasteiger charge is -2.20. The first-order valence-corrected chi connectivity index (χ1v) is 6.71. The summed E-state index contributed by atoms with van der Waals surface area (Å²) in [6.45, 7) is 2.98. The smallest absolute Gasteiger partial charge is 0.328 e. The molecule has 0 fully saturated rings. The lowest BCUT2D eigenvalue weighted by Crippen LogP contribution is -2.51. The maximum atomic E-state index is 12.0. The third-order valence-electron chi connectivity index (χ3n) is 2.79. The zero-order valence-corrected chi connectivity index (χ0v) is 12.8. The first-order chi connectivity index (χ1) is 10.3. The molecule has 0 unspecified atom stereocenters. The molecule has 0 bridgehead atoms. The highest BCUT2D eigenvalue weighted by molar-refractivity contribution is 6.25. The van der Waals surface area contributed by atoms with Crippen LogP contribution in [0.15, 0.2) is 0 Å². The van der Waals surface area contributed by atoms with Crippen molar-refractivity contribution in [1.29, 1.82) is 0 Å². The number of nitrogens with zero attached hydrogens (tertiary/aromatic N) is 2. The second-order valence-corrected chi connectivity index (χ2v) is 4.50. The van der Waals surface area contributed by atoms with Gasteiger partial charge in [0, 0.05) is 13.3 Å². The number of methoxy groups -OCH3 is 1. The van der Waals surface area contributed by atoms with Gasteiger partial charge in [-0.25, -0.2) is 4.79 Å². The number of Topliss-reactive ketones (excluding diaryl/α,β-unsaturated/α-hetero) is 1. The van der Waals surface area contributed by atoms with E-state index in [2.05, 4.69) is 20.2 Å². The molecule has 2 N–H and O–H groups in total. The topological polar surface area (TPSA) is 138 Å². The molecule has 9 heteroatoms. The van der Waals surface area contributed by atoms with Crippen LogP contribution in [0.2, 0.25) is 0 Å². The molecule has 0 aromatic heterocycles. The fourth-order valence-electron chi connectivity index (χ4n) is 1.68. The van der Waals surface area contributed by atoms with Crippen LogP contribution in [-0.2, 0) is 23.9 Å². The summed E-state index contributed by atoms with van der Waals surface area (Å²) in [4.78, 5) is 48.5. The minimum absolute atomic E-state index is 0.0141. The lowest BCUT2D eigenvalue weighted by atomic mass is 10.1. The third kappa shape index (κ3) is 7.30. The zero-order chi connectivity index (χ0) is 17.1. The van der Waals surface area contributed by atoms with Crippen molar-refractivity contribution in [1.82, 2.24) is 10.6 Å². The minimum atomic E-state index is -1.03. The van der Waals surface area contributed by atoms with E-state index in [0.29, 0.717) is 12.6 Å². The van der Waals surface area contributed by atoms with Crippen LogP contribution in [0.1, 0.15) is 33.1 Å². The first-order valence-electron chi connectivity index (χ1n) is 6.71. The number of rotatable bonds is 9. The highest BCUT2D eigenvalue weighted by Gasteiger charge is 2.26.